The van der Waals surface area contributed by atoms with Gasteiger partial charge in [-0.25, -0.2) is 8.42 Å². The first-order valence-corrected chi connectivity index (χ1v) is 9.86. The van der Waals surface area contributed by atoms with Gasteiger partial charge in [0, 0.05) is 17.8 Å². The first-order chi connectivity index (χ1) is 9.21. The Hall–Kier alpha value is -0.130. The fourth-order valence-corrected chi connectivity index (χ4v) is 4.17. The Morgan fingerprint density at radius 1 is 1.30 bits per heavy atom. The molecule has 0 radical (unpaired) electrons. The molecule has 1 rings (SSSR count). The fraction of sp³-hybridized carbons (Fsp3) is 1.00. The Morgan fingerprint density at radius 2 is 1.85 bits per heavy atom. The molecule has 0 aromatic rings. The summed E-state index contributed by atoms with van der Waals surface area (Å²) in [5.74, 6) is 1.07. The van der Waals surface area contributed by atoms with E-state index >= 15 is 0 Å². The zero-order valence-electron chi connectivity index (χ0n) is 13.8. The molecule has 1 N–H and O–H groups in total. The highest BCUT2D eigenvalue weighted by Crippen LogP contribution is 2.38. The minimum absolute atomic E-state index is 0.104. The highest BCUT2D eigenvalue weighted by molar-refractivity contribution is 7.90. The van der Waals surface area contributed by atoms with Crippen LogP contribution in [0.3, 0.4) is 0 Å². The lowest BCUT2D eigenvalue weighted by Gasteiger charge is -2.50. The number of sulfone groups is 1. The highest BCUT2D eigenvalue weighted by Gasteiger charge is 2.42. The largest absolute Gasteiger partial charge is 0.312 e. The maximum atomic E-state index is 11.5. The van der Waals surface area contributed by atoms with Gasteiger partial charge < -0.3 is 10.2 Å². The van der Waals surface area contributed by atoms with E-state index in [1.807, 2.05) is 0 Å². The van der Waals surface area contributed by atoms with Crippen molar-refractivity contribution < 1.29 is 8.42 Å². The molecule has 0 spiro atoms. The lowest BCUT2D eigenvalue weighted by molar-refractivity contribution is 0.0429. The van der Waals surface area contributed by atoms with Crippen LogP contribution < -0.4 is 5.32 Å². The minimum Gasteiger partial charge on any atom is -0.312 e. The molecule has 1 aliphatic carbocycles. The summed E-state index contributed by atoms with van der Waals surface area (Å²) in [6, 6.07) is 0.254. The van der Waals surface area contributed by atoms with Gasteiger partial charge in [-0.05, 0) is 58.7 Å². The van der Waals surface area contributed by atoms with E-state index in [0.717, 1.165) is 25.3 Å². The van der Waals surface area contributed by atoms with Crippen molar-refractivity contribution in [2.75, 3.05) is 32.6 Å². The third-order valence-electron chi connectivity index (χ3n) is 4.91. The summed E-state index contributed by atoms with van der Waals surface area (Å²) in [6.45, 7) is 5.31. The molecule has 0 saturated heterocycles. The molecule has 5 heteroatoms. The van der Waals surface area contributed by atoms with E-state index in [9.17, 15) is 8.42 Å². The maximum Gasteiger partial charge on any atom is 0.147 e. The van der Waals surface area contributed by atoms with Gasteiger partial charge in [0.25, 0.3) is 0 Å². The van der Waals surface area contributed by atoms with Crippen LogP contribution in [0.4, 0.5) is 0 Å². The van der Waals surface area contributed by atoms with Crippen LogP contribution >= 0.6 is 0 Å². The molecule has 1 atom stereocenters. The van der Waals surface area contributed by atoms with Crippen molar-refractivity contribution in [2.24, 2.45) is 5.92 Å². The monoisotopic (exact) mass is 304 g/mol. The fourth-order valence-electron chi connectivity index (χ4n) is 3.51. The van der Waals surface area contributed by atoms with Crippen LogP contribution in [0.2, 0.25) is 0 Å². The van der Waals surface area contributed by atoms with Gasteiger partial charge in [-0.3, -0.25) is 0 Å². The van der Waals surface area contributed by atoms with Crippen molar-refractivity contribution in [3.63, 3.8) is 0 Å². The number of likely N-dealkylation sites (N-methyl/N-ethyl adjacent to an activating group) is 2. The van der Waals surface area contributed by atoms with E-state index in [0.29, 0.717) is 6.42 Å². The SMILES string of the molecule is CCNC(CCS(C)(=O)=O)C1(N(C)C)CCC(C)CC1. The molecule has 1 saturated carbocycles. The Kier molecular flexibility index (Phi) is 6.48. The molecule has 0 heterocycles. The van der Waals surface area contributed by atoms with Gasteiger partial charge in [-0.1, -0.05) is 13.8 Å². The third-order valence-corrected chi connectivity index (χ3v) is 5.88. The minimum atomic E-state index is -2.90. The molecule has 0 bridgehead atoms. The molecule has 0 aliphatic heterocycles. The van der Waals surface area contributed by atoms with Crippen molar-refractivity contribution in [1.29, 1.82) is 0 Å². The maximum absolute atomic E-state index is 11.5. The quantitative estimate of drug-likeness (QED) is 0.780. The van der Waals surface area contributed by atoms with Gasteiger partial charge in [0.2, 0.25) is 0 Å². The smallest absolute Gasteiger partial charge is 0.147 e. The van der Waals surface area contributed by atoms with Crippen LogP contribution in [0.5, 0.6) is 0 Å². The van der Waals surface area contributed by atoms with Crippen LogP contribution in [0.25, 0.3) is 0 Å². The van der Waals surface area contributed by atoms with E-state index in [4.69, 9.17) is 0 Å². The Balaban J connectivity index is 2.88. The standard InChI is InChI=1S/C15H32N2O2S/c1-6-16-14(9-12-20(5,18)19)15(17(3)4)10-7-13(2)8-11-15/h13-14,16H,6-12H2,1-5H3. The normalized spacial score (nSPS) is 29.6. The second-order valence-corrected chi connectivity index (χ2v) is 8.97. The molecule has 0 aromatic carbocycles. The molecule has 4 nitrogen and oxygen atoms in total. The molecular weight excluding hydrogens is 272 g/mol. The summed E-state index contributed by atoms with van der Waals surface area (Å²) in [7, 11) is 1.38. The van der Waals surface area contributed by atoms with E-state index in [-0.39, 0.29) is 17.3 Å². The predicted octanol–water partition coefficient (Wildman–Crippen LogP) is 1.91. The van der Waals surface area contributed by atoms with Gasteiger partial charge in [-0.2, -0.15) is 0 Å². The van der Waals surface area contributed by atoms with Crippen molar-refractivity contribution >= 4 is 9.84 Å². The van der Waals surface area contributed by atoms with Gasteiger partial charge in [-0.15, -0.1) is 0 Å². The summed E-state index contributed by atoms with van der Waals surface area (Å²) in [5.41, 5.74) is 0.104. The number of nitrogens with zero attached hydrogens (tertiary/aromatic N) is 1. The molecule has 1 aliphatic rings. The molecule has 120 valence electrons. The lowest BCUT2D eigenvalue weighted by Crippen LogP contribution is -2.60. The lowest BCUT2D eigenvalue weighted by atomic mass is 9.71. The molecule has 1 fully saturated rings. The third kappa shape index (κ3) is 4.71. The summed E-state index contributed by atoms with van der Waals surface area (Å²) in [6.07, 6.45) is 6.82. The van der Waals surface area contributed by atoms with Gasteiger partial charge >= 0.3 is 0 Å². The topological polar surface area (TPSA) is 49.4 Å². The van der Waals surface area contributed by atoms with Gasteiger partial charge in [0.1, 0.15) is 9.84 Å². The summed E-state index contributed by atoms with van der Waals surface area (Å²) in [4.78, 5) is 2.33. The second-order valence-electron chi connectivity index (χ2n) is 6.71. The average Bonchev–Trinajstić information content (AvgIpc) is 2.34. The number of hydrogen-bond donors (Lipinski definition) is 1. The number of hydrogen-bond acceptors (Lipinski definition) is 4. The zero-order valence-corrected chi connectivity index (χ0v) is 14.6. The molecule has 0 aromatic heterocycles. The van der Waals surface area contributed by atoms with Crippen molar-refractivity contribution in [3.05, 3.63) is 0 Å². The van der Waals surface area contributed by atoms with Crippen molar-refractivity contribution in [2.45, 2.75) is 57.5 Å². The van der Waals surface area contributed by atoms with Crippen LogP contribution in [0, 0.1) is 5.92 Å². The van der Waals surface area contributed by atoms with E-state index < -0.39 is 9.84 Å². The second kappa shape index (κ2) is 7.23. The summed E-state index contributed by atoms with van der Waals surface area (Å²) < 4.78 is 23.0. The van der Waals surface area contributed by atoms with Crippen molar-refractivity contribution in [3.8, 4) is 0 Å². The molecule has 0 amide bonds. The van der Waals surface area contributed by atoms with Crippen LogP contribution in [0.15, 0.2) is 0 Å². The molecule has 20 heavy (non-hydrogen) atoms. The van der Waals surface area contributed by atoms with E-state index in [1.165, 1.54) is 19.1 Å². The average molecular weight is 305 g/mol. The van der Waals surface area contributed by atoms with Gasteiger partial charge in [0.05, 0.1) is 5.75 Å². The number of rotatable bonds is 7. The van der Waals surface area contributed by atoms with E-state index in [1.54, 1.807) is 0 Å². The molecule has 1 unspecified atom stereocenters. The van der Waals surface area contributed by atoms with Crippen LogP contribution in [-0.2, 0) is 9.84 Å². The molecular formula is C15H32N2O2S. The zero-order chi connectivity index (χ0) is 15.4. The van der Waals surface area contributed by atoms with Crippen molar-refractivity contribution in [1.82, 2.24) is 10.2 Å². The first-order valence-electron chi connectivity index (χ1n) is 7.80. The summed E-state index contributed by atoms with van der Waals surface area (Å²) >= 11 is 0. The number of nitrogens with one attached hydrogen (secondary N) is 1. The van der Waals surface area contributed by atoms with Gasteiger partial charge in [0.15, 0.2) is 0 Å². The Bertz CT molecular complexity index is 385. The first kappa shape index (κ1) is 17.9. The summed E-state index contributed by atoms with van der Waals surface area (Å²) in [5, 5.41) is 3.56. The highest BCUT2D eigenvalue weighted by atomic mass is 32.2. The van der Waals surface area contributed by atoms with E-state index in [2.05, 4.69) is 38.2 Å². The van der Waals surface area contributed by atoms with Crippen LogP contribution in [0.1, 0.15) is 46.0 Å². The van der Waals surface area contributed by atoms with Crippen LogP contribution in [-0.4, -0.2) is 57.5 Å². The Labute approximate surface area is 125 Å². The Morgan fingerprint density at radius 3 is 2.25 bits per heavy atom. The predicted molar refractivity (Wildman–Crippen MR) is 85.8 cm³/mol.